The van der Waals surface area contributed by atoms with Crippen LogP contribution in [0.5, 0.6) is 0 Å². The second kappa shape index (κ2) is 9.08. The van der Waals surface area contributed by atoms with E-state index >= 15 is 0 Å². The topological polar surface area (TPSA) is 92.8 Å². The minimum absolute atomic E-state index is 0.00741. The smallest absolute Gasteiger partial charge is 0.338 e. The van der Waals surface area contributed by atoms with E-state index in [1.54, 1.807) is 36.4 Å². The number of carbonyl (C=O) groups is 4. The Labute approximate surface area is 193 Å². The summed E-state index contributed by atoms with van der Waals surface area (Å²) in [5.41, 5.74) is 1.23. The van der Waals surface area contributed by atoms with E-state index in [4.69, 9.17) is 4.74 Å². The summed E-state index contributed by atoms with van der Waals surface area (Å²) in [5, 5.41) is 2.64. The van der Waals surface area contributed by atoms with Crippen molar-refractivity contribution in [2.45, 2.75) is 13.3 Å². The Morgan fingerprint density at radius 2 is 1.75 bits per heavy atom. The predicted molar refractivity (Wildman–Crippen MR) is 122 cm³/mol. The van der Waals surface area contributed by atoms with Crippen molar-refractivity contribution < 1.29 is 23.9 Å². The van der Waals surface area contributed by atoms with Crippen molar-refractivity contribution >= 4 is 51.0 Å². The van der Waals surface area contributed by atoms with Gasteiger partial charge in [-0.05, 0) is 60.9 Å². The number of imide groups is 1. The van der Waals surface area contributed by atoms with Gasteiger partial charge in [-0.2, -0.15) is 0 Å². The molecule has 32 heavy (non-hydrogen) atoms. The van der Waals surface area contributed by atoms with E-state index in [0.29, 0.717) is 17.8 Å². The summed E-state index contributed by atoms with van der Waals surface area (Å²) in [6, 6.07) is 13.1. The lowest BCUT2D eigenvalue weighted by Crippen LogP contribution is -2.31. The molecule has 0 spiro atoms. The van der Waals surface area contributed by atoms with Crippen molar-refractivity contribution in [2.24, 2.45) is 17.8 Å². The minimum atomic E-state index is -0.673. The van der Waals surface area contributed by atoms with Gasteiger partial charge < -0.3 is 10.1 Å². The van der Waals surface area contributed by atoms with Crippen LogP contribution in [0.2, 0.25) is 0 Å². The first-order valence-corrected chi connectivity index (χ1v) is 11.0. The van der Waals surface area contributed by atoms with E-state index in [0.717, 1.165) is 4.47 Å². The third-order valence-electron chi connectivity index (χ3n) is 5.70. The van der Waals surface area contributed by atoms with Gasteiger partial charge in [-0.1, -0.05) is 35.0 Å². The molecule has 0 aromatic heterocycles. The van der Waals surface area contributed by atoms with Gasteiger partial charge in [0.15, 0.2) is 6.61 Å². The molecule has 1 aliphatic carbocycles. The quantitative estimate of drug-likeness (QED) is 0.384. The average molecular weight is 497 g/mol. The van der Waals surface area contributed by atoms with E-state index in [-0.39, 0.29) is 35.1 Å². The molecule has 1 heterocycles. The fourth-order valence-corrected chi connectivity index (χ4v) is 4.36. The Kier molecular flexibility index (Phi) is 6.23. The number of rotatable bonds is 5. The monoisotopic (exact) mass is 496 g/mol. The molecule has 4 rings (SSSR count). The van der Waals surface area contributed by atoms with E-state index < -0.39 is 18.5 Å². The highest BCUT2D eigenvalue weighted by Gasteiger charge is 2.50. The lowest BCUT2D eigenvalue weighted by Gasteiger charge is -2.22. The number of nitrogens with zero attached hydrogens (tertiary/aromatic N) is 1. The third kappa shape index (κ3) is 4.36. The van der Waals surface area contributed by atoms with Gasteiger partial charge in [0.1, 0.15) is 0 Å². The van der Waals surface area contributed by atoms with Gasteiger partial charge in [0, 0.05) is 10.2 Å². The van der Waals surface area contributed by atoms with E-state index in [1.165, 1.54) is 17.0 Å². The van der Waals surface area contributed by atoms with Crippen LogP contribution in [0.1, 0.15) is 23.7 Å². The molecule has 2 aromatic carbocycles. The summed E-state index contributed by atoms with van der Waals surface area (Å²) >= 11 is 3.31. The maximum absolute atomic E-state index is 12.9. The molecular formula is C24H21BrN2O5. The van der Waals surface area contributed by atoms with E-state index in [9.17, 15) is 19.2 Å². The number of esters is 1. The normalized spacial score (nSPS) is 21.9. The van der Waals surface area contributed by atoms with Crippen molar-refractivity contribution in [1.82, 2.24) is 0 Å². The Balaban J connectivity index is 1.36. The fraction of sp³-hybridized carbons (Fsp3) is 0.250. The number of hydrogen-bond donors (Lipinski definition) is 1. The number of ether oxygens (including phenoxy) is 1. The van der Waals surface area contributed by atoms with Crippen LogP contribution in [-0.4, -0.2) is 30.3 Å². The second-order valence-corrected chi connectivity index (χ2v) is 8.76. The number of benzene rings is 2. The molecule has 1 aliphatic heterocycles. The molecule has 0 saturated carbocycles. The van der Waals surface area contributed by atoms with Crippen LogP contribution < -0.4 is 10.2 Å². The van der Waals surface area contributed by atoms with Gasteiger partial charge in [-0.15, -0.1) is 0 Å². The molecule has 0 unspecified atom stereocenters. The van der Waals surface area contributed by atoms with Gasteiger partial charge in [0.2, 0.25) is 11.8 Å². The number of anilines is 2. The zero-order chi connectivity index (χ0) is 22.8. The highest BCUT2D eigenvalue weighted by molar-refractivity contribution is 9.10. The Morgan fingerprint density at radius 1 is 1.06 bits per heavy atom. The molecule has 7 nitrogen and oxygen atoms in total. The van der Waals surface area contributed by atoms with Crippen molar-refractivity contribution in [3.8, 4) is 0 Å². The summed E-state index contributed by atoms with van der Waals surface area (Å²) in [7, 11) is 0. The van der Waals surface area contributed by atoms with Crippen molar-refractivity contribution in [1.29, 1.82) is 0 Å². The number of nitrogens with one attached hydrogen (secondary N) is 1. The minimum Gasteiger partial charge on any atom is -0.452 e. The first kappa shape index (κ1) is 22.0. The summed E-state index contributed by atoms with van der Waals surface area (Å²) in [5.74, 6) is -2.23. The maximum Gasteiger partial charge on any atom is 0.338 e. The summed E-state index contributed by atoms with van der Waals surface area (Å²) in [4.78, 5) is 51.1. The fourth-order valence-electron chi connectivity index (χ4n) is 4.09. The first-order valence-electron chi connectivity index (χ1n) is 10.2. The largest absolute Gasteiger partial charge is 0.452 e. The van der Waals surface area contributed by atoms with Crippen LogP contribution in [0.4, 0.5) is 11.4 Å². The molecule has 2 aliphatic rings. The molecule has 1 N–H and O–H groups in total. The van der Waals surface area contributed by atoms with Crippen LogP contribution in [0, 0.1) is 17.8 Å². The summed E-state index contributed by atoms with van der Waals surface area (Å²) in [6.07, 6.45) is 4.48. The van der Waals surface area contributed by atoms with Crippen LogP contribution in [0.15, 0.2) is 65.2 Å². The zero-order valence-electron chi connectivity index (χ0n) is 17.3. The number of carbonyl (C=O) groups excluding carboxylic acids is 4. The van der Waals surface area contributed by atoms with Crippen molar-refractivity contribution in [2.75, 3.05) is 16.8 Å². The summed E-state index contributed by atoms with van der Waals surface area (Å²) in [6.45, 7) is 1.50. The molecule has 1 fully saturated rings. The highest BCUT2D eigenvalue weighted by atomic mass is 79.9. The number of halogens is 1. The zero-order valence-corrected chi connectivity index (χ0v) is 18.9. The molecular weight excluding hydrogens is 476 g/mol. The highest BCUT2D eigenvalue weighted by Crippen LogP contribution is 2.40. The number of hydrogen-bond acceptors (Lipinski definition) is 5. The Morgan fingerprint density at radius 3 is 2.41 bits per heavy atom. The molecule has 3 atom stereocenters. The van der Waals surface area contributed by atoms with Crippen LogP contribution in [0.3, 0.4) is 0 Å². The van der Waals surface area contributed by atoms with Crippen molar-refractivity contribution in [3.63, 3.8) is 0 Å². The Hall–Kier alpha value is -3.26. The number of allylic oxidation sites excluding steroid dienone is 2. The number of amides is 3. The molecule has 2 aromatic rings. The molecule has 8 heteroatoms. The number of fused-ring (bicyclic) bond motifs is 1. The van der Waals surface area contributed by atoms with Crippen LogP contribution >= 0.6 is 15.9 Å². The Bertz CT molecular complexity index is 1090. The first-order chi connectivity index (χ1) is 15.3. The van der Waals surface area contributed by atoms with Gasteiger partial charge in [-0.25, -0.2) is 4.79 Å². The third-order valence-corrected chi connectivity index (χ3v) is 6.22. The molecule has 164 valence electrons. The van der Waals surface area contributed by atoms with Gasteiger partial charge in [-0.3, -0.25) is 19.3 Å². The summed E-state index contributed by atoms with van der Waals surface area (Å²) < 4.78 is 5.95. The van der Waals surface area contributed by atoms with E-state index in [1.807, 2.05) is 19.1 Å². The van der Waals surface area contributed by atoms with E-state index in [2.05, 4.69) is 21.2 Å². The van der Waals surface area contributed by atoms with Crippen LogP contribution in [-0.2, 0) is 19.1 Å². The van der Waals surface area contributed by atoms with Crippen LogP contribution in [0.25, 0.3) is 0 Å². The van der Waals surface area contributed by atoms with Gasteiger partial charge in [0.05, 0.1) is 23.1 Å². The average Bonchev–Trinajstić information content (AvgIpc) is 3.05. The van der Waals surface area contributed by atoms with Gasteiger partial charge in [0.25, 0.3) is 5.91 Å². The SMILES string of the molecule is C[C@@H]1C=CC[C@@H]2C(=O)N(c3ccc(C(=O)OCC(=O)Nc4ccc(Br)cc4)cc3)C(=O)[C@H]12. The van der Waals surface area contributed by atoms with Gasteiger partial charge >= 0.3 is 5.97 Å². The molecule has 0 radical (unpaired) electrons. The predicted octanol–water partition coefficient (Wildman–Crippen LogP) is 3.95. The second-order valence-electron chi connectivity index (χ2n) is 7.85. The van der Waals surface area contributed by atoms with Crippen molar-refractivity contribution in [3.05, 3.63) is 70.7 Å². The molecule has 3 amide bonds. The standard InChI is InChI=1S/C24H21BrN2O5/c1-14-3-2-4-19-21(14)23(30)27(22(19)29)18-11-5-15(6-12-18)24(31)32-13-20(28)26-17-9-7-16(25)8-10-17/h2-3,5-12,14,19,21H,4,13H2,1H3,(H,26,28)/t14-,19+,21-/m1/s1. The molecule has 0 bridgehead atoms. The lowest BCUT2D eigenvalue weighted by atomic mass is 9.78. The maximum atomic E-state index is 12.9. The lowest BCUT2D eigenvalue weighted by molar-refractivity contribution is -0.123. The molecule has 1 saturated heterocycles.